The summed E-state index contributed by atoms with van der Waals surface area (Å²) in [6.07, 6.45) is -4.75. The molecule has 9 heteroatoms. The number of carbonyl (C=O) groups is 2. The molecule has 0 spiro atoms. The number of ether oxygens (including phenoxy) is 1. The molecule has 1 heterocycles. The van der Waals surface area contributed by atoms with Gasteiger partial charge in [-0.2, -0.15) is 13.2 Å². The summed E-state index contributed by atoms with van der Waals surface area (Å²) in [4.78, 5) is 24.1. The number of rotatable bonds is 4. The van der Waals surface area contributed by atoms with Crippen LogP contribution in [0.1, 0.15) is 13.8 Å². The molecule has 2 atom stereocenters. The zero-order valence-electron chi connectivity index (χ0n) is 13.7. The van der Waals surface area contributed by atoms with Crippen LogP contribution >= 0.6 is 0 Å². The largest absolute Gasteiger partial charge is 0.491 e. The third-order valence-corrected chi connectivity index (χ3v) is 3.80. The van der Waals surface area contributed by atoms with Crippen molar-refractivity contribution in [3.63, 3.8) is 0 Å². The maximum atomic E-state index is 13.0. The molecule has 6 nitrogen and oxygen atoms in total. The first-order chi connectivity index (χ1) is 11.6. The molecule has 1 saturated heterocycles. The maximum Gasteiger partial charge on any atom is 0.394 e. The van der Waals surface area contributed by atoms with Crippen molar-refractivity contribution in [2.75, 3.05) is 18.4 Å². The lowest BCUT2D eigenvalue weighted by molar-refractivity contribution is -0.187. The highest BCUT2D eigenvalue weighted by molar-refractivity contribution is 5.90. The molecule has 0 radical (unpaired) electrons. The topological polar surface area (TPSA) is 78.9 Å². The molecule has 2 N–H and O–H groups in total. The molecule has 138 valence electrons. The van der Waals surface area contributed by atoms with Crippen molar-refractivity contribution in [2.24, 2.45) is 11.8 Å². The molecule has 1 aliphatic heterocycles. The third-order valence-electron chi connectivity index (χ3n) is 3.80. The zero-order chi connectivity index (χ0) is 18.8. The van der Waals surface area contributed by atoms with Crippen molar-refractivity contribution in [3.8, 4) is 5.75 Å². The lowest BCUT2D eigenvalue weighted by Crippen LogP contribution is -2.35. The molecular formula is C16H19F3N2O4. The van der Waals surface area contributed by atoms with E-state index >= 15 is 0 Å². The molecule has 1 aliphatic rings. The number of nitrogens with one attached hydrogen (secondary N) is 1. The van der Waals surface area contributed by atoms with Gasteiger partial charge in [0.2, 0.25) is 0 Å². The van der Waals surface area contributed by atoms with E-state index in [9.17, 15) is 22.8 Å². The van der Waals surface area contributed by atoms with E-state index in [0.717, 1.165) is 4.90 Å². The first-order valence-electron chi connectivity index (χ1n) is 7.70. The molecule has 1 aromatic rings. The number of nitrogens with zero attached hydrogens (tertiary/aromatic N) is 1. The standard InChI is InChI=1S/C16H19F3N2O4/c1-9(2)25-11-5-3-4-10(6-11)20-15(24)21-7-12(14(22)23)13(8-21)16(17,18)19/h3-6,9,12-13H,7-8H2,1-2H3,(H,20,24)(H,22,23)/t12-,13-/m1/s1. The van der Waals surface area contributed by atoms with Crippen LogP contribution in [0.4, 0.5) is 23.7 Å². The Balaban J connectivity index is 2.07. The first kappa shape index (κ1) is 18.9. The van der Waals surface area contributed by atoms with E-state index in [0.29, 0.717) is 11.4 Å². The number of halogens is 3. The van der Waals surface area contributed by atoms with Crippen molar-refractivity contribution in [1.82, 2.24) is 4.90 Å². The number of anilines is 1. The number of benzene rings is 1. The van der Waals surface area contributed by atoms with Crippen LogP contribution in [0, 0.1) is 11.8 Å². The number of carboxylic acids is 1. The summed E-state index contributed by atoms with van der Waals surface area (Å²) >= 11 is 0. The Morgan fingerprint density at radius 2 is 2.00 bits per heavy atom. The van der Waals surface area contributed by atoms with Crippen molar-refractivity contribution >= 4 is 17.7 Å². The Morgan fingerprint density at radius 3 is 2.52 bits per heavy atom. The van der Waals surface area contributed by atoms with Gasteiger partial charge < -0.3 is 20.1 Å². The summed E-state index contributed by atoms with van der Waals surface area (Å²) < 4.78 is 44.4. The number of alkyl halides is 3. The van der Waals surface area contributed by atoms with Gasteiger partial charge in [-0.05, 0) is 26.0 Å². The SMILES string of the molecule is CC(C)Oc1cccc(NC(=O)N2C[C@@H](C(F)(F)F)[C@H](C(=O)O)C2)c1. The minimum Gasteiger partial charge on any atom is -0.491 e. The molecule has 1 aromatic carbocycles. The minimum absolute atomic E-state index is 0.0756. The van der Waals surface area contributed by atoms with Crippen LogP contribution in [0.5, 0.6) is 5.75 Å². The minimum atomic E-state index is -4.68. The fourth-order valence-electron chi connectivity index (χ4n) is 2.67. The lowest BCUT2D eigenvalue weighted by Gasteiger charge is -2.19. The highest BCUT2D eigenvalue weighted by atomic mass is 19.4. The molecule has 25 heavy (non-hydrogen) atoms. The fraction of sp³-hybridized carbons (Fsp3) is 0.500. The van der Waals surface area contributed by atoms with Gasteiger partial charge in [0, 0.05) is 24.8 Å². The van der Waals surface area contributed by atoms with E-state index in [-0.39, 0.29) is 6.10 Å². The Morgan fingerprint density at radius 1 is 1.32 bits per heavy atom. The van der Waals surface area contributed by atoms with Crippen LogP contribution in [0.15, 0.2) is 24.3 Å². The summed E-state index contributed by atoms with van der Waals surface area (Å²) in [5.74, 6) is -4.80. The van der Waals surface area contributed by atoms with Crippen LogP contribution in [0.3, 0.4) is 0 Å². The monoisotopic (exact) mass is 360 g/mol. The average molecular weight is 360 g/mol. The second-order valence-corrected chi connectivity index (χ2v) is 6.12. The van der Waals surface area contributed by atoms with Crippen LogP contribution in [0.25, 0.3) is 0 Å². The number of likely N-dealkylation sites (tertiary alicyclic amines) is 1. The number of aliphatic carboxylic acids is 1. The molecule has 2 amide bonds. The molecule has 0 saturated carbocycles. The number of carboxylic acid groups (broad SMARTS) is 1. The van der Waals surface area contributed by atoms with Gasteiger partial charge in [0.05, 0.1) is 17.9 Å². The van der Waals surface area contributed by atoms with E-state index < -0.39 is 43.1 Å². The quantitative estimate of drug-likeness (QED) is 0.864. The second-order valence-electron chi connectivity index (χ2n) is 6.12. The summed E-state index contributed by atoms with van der Waals surface area (Å²) in [5.41, 5.74) is 0.352. The second kappa shape index (κ2) is 7.20. The predicted octanol–water partition coefficient (Wildman–Crippen LogP) is 3.20. The summed E-state index contributed by atoms with van der Waals surface area (Å²) in [5, 5.41) is 11.5. The van der Waals surface area contributed by atoms with Crippen molar-refractivity contribution in [2.45, 2.75) is 26.1 Å². The van der Waals surface area contributed by atoms with E-state index in [1.807, 2.05) is 13.8 Å². The smallest absolute Gasteiger partial charge is 0.394 e. The maximum absolute atomic E-state index is 13.0. The molecule has 1 fully saturated rings. The number of urea groups is 1. The predicted molar refractivity (Wildman–Crippen MR) is 83.5 cm³/mol. The number of carbonyl (C=O) groups excluding carboxylic acids is 1. The van der Waals surface area contributed by atoms with Crippen LogP contribution < -0.4 is 10.1 Å². The lowest BCUT2D eigenvalue weighted by atomic mass is 9.96. The Bertz CT molecular complexity index is 649. The average Bonchev–Trinajstić information content (AvgIpc) is 2.92. The van der Waals surface area contributed by atoms with E-state index in [1.54, 1.807) is 24.3 Å². The highest BCUT2D eigenvalue weighted by Gasteiger charge is 2.53. The Labute approximate surface area is 142 Å². The summed E-state index contributed by atoms with van der Waals surface area (Å²) in [6.45, 7) is 2.49. The molecular weight excluding hydrogens is 341 g/mol. The van der Waals surface area contributed by atoms with Crippen LogP contribution in [-0.2, 0) is 4.79 Å². The van der Waals surface area contributed by atoms with Crippen molar-refractivity contribution in [1.29, 1.82) is 0 Å². The molecule has 0 unspecified atom stereocenters. The highest BCUT2D eigenvalue weighted by Crippen LogP contribution is 2.38. The molecule has 2 rings (SSSR count). The van der Waals surface area contributed by atoms with Gasteiger partial charge in [0.25, 0.3) is 0 Å². The number of amides is 2. The fourth-order valence-corrected chi connectivity index (χ4v) is 2.67. The number of hydrogen-bond acceptors (Lipinski definition) is 3. The van der Waals surface area contributed by atoms with Gasteiger partial charge in [-0.25, -0.2) is 4.79 Å². The molecule has 0 aromatic heterocycles. The Kier molecular flexibility index (Phi) is 5.44. The van der Waals surface area contributed by atoms with E-state index in [2.05, 4.69) is 5.32 Å². The number of hydrogen-bond donors (Lipinski definition) is 2. The summed E-state index contributed by atoms with van der Waals surface area (Å²) in [6, 6.07) is 5.65. The van der Waals surface area contributed by atoms with E-state index in [1.165, 1.54) is 0 Å². The molecule has 0 aliphatic carbocycles. The third kappa shape index (κ3) is 4.77. The van der Waals surface area contributed by atoms with Gasteiger partial charge in [0.1, 0.15) is 5.75 Å². The summed E-state index contributed by atoms with van der Waals surface area (Å²) in [7, 11) is 0. The van der Waals surface area contributed by atoms with Gasteiger partial charge in [0.15, 0.2) is 0 Å². The van der Waals surface area contributed by atoms with Gasteiger partial charge in [-0.15, -0.1) is 0 Å². The van der Waals surface area contributed by atoms with Crippen molar-refractivity contribution < 1.29 is 32.6 Å². The van der Waals surface area contributed by atoms with Crippen LogP contribution in [0.2, 0.25) is 0 Å². The van der Waals surface area contributed by atoms with Gasteiger partial charge in [-0.1, -0.05) is 6.07 Å². The Hall–Kier alpha value is -2.45. The zero-order valence-corrected chi connectivity index (χ0v) is 13.7. The normalized spacial score (nSPS) is 20.6. The molecule has 0 bridgehead atoms. The van der Waals surface area contributed by atoms with Gasteiger partial charge >= 0.3 is 18.2 Å². The van der Waals surface area contributed by atoms with E-state index in [4.69, 9.17) is 9.84 Å². The first-order valence-corrected chi connectivity index (χ1v) is 7.70. The van der Waals surface area contributed by atoms with Gasteiger partial charge in [-0.3, -0.25) is 4.79 Å². The van der Waals surface area contributed by atoms with Crippen molar-refractivity contribution in [3.05, 3.63) is 24.3 Å². The van der Waals surface area contributed by atoms with Crippen LogP contribution in [-0.4, -0.2) is 47.4 Å².